The summed E-state index contributed by atoms with van der Waals surface area (Å²) in [4.78, 5) is 4.21. The molecule has 3 rings (SSSR count). The molecule has 19 heavy (non-hydrogen) atoms. The molecule has 0 spiro atoms. The molecule has 0 radical (unpaired) electrons. The molecule has 1 atom stereocenters. The van der Waals surface area contributed by atoms with Crippen molar-refractivity contribution in [3.63, 3.8) is 0 Å². The number of aliphatic hydroxyl groups is 1. The summed E-state index contributed by atoms with van der Waals surface area (Å²) in [7, 11) is 0. The van der Waals surface area contributed by atoms with Crippen LogP contribution in [-0.4, -0.2) is 23.3 Å². The van der Waals surface area contributed by atoms with E-state index < -0.39 is 6.10 Å². The van der Waals surface area contributed by atoms with Gasteiger partial charge in [0, 0.05) is 23.0 Å². The van der Waals surface area contributed by atoms with E-state index in [2.05, 4.69) is 4.98 Å². The van der Waals surface area contributed by atoms with Crippen LogP contribution < -0.4 is 9.47 Å². The van der Waals surface area contributed by atoms with Gasteiger partial charge in [0.25, 0.3) is 0 Å². The lowest BCUT2D eigenvalue weighted by atomic mass is 10.0. The monoisotopic (exact) mass is 257 g/mol. The predicted octanol–water partition coefficient (Wildman–Crippen LogP) is 2.24. The van der Waals surface area contributed by atoms with Gasteiger partial charge < -0.3 is 14.6 Å². The van der Waals surface area contributed by atoms with Crippen LogP contribution in [-0.2, 0) is 0 Å². The number of benzene rings is 1. The first kappa shape index (κ1) is 12.0. The summed E-state index contributed by atoms with van der Waals surface area (Å²) >= 11 is 0. The topological polar surface area (TPSA) is 51.6 Å². The smallest absolute Gasteiger partial charge is 0.167 e. The number of fused-ring (bicyclic) bond motifs is 1. The number of rotatable bonds is 2. The van der Waals surface area contributed by atoms with Crippen LogP contribution in [0.1, 0.15) is 22.9 Å². The number of ether oxygens (including phenoxy) is 2. The normalized spacial score (nSPS) is 15.1. The van der Waals surface area contributed by atoms with Crippen LogP contribution in [0, 0.1) is 6.92 Å². The van der Waals surface area contributed by atoms with Crippen molar-refractivity contribution in [3.05, 3.63) is 53.3 Å². The number of pyridine rings is 1. The number of aromatic nitrogens is 1. The first-order valence-corrected chi connectivity index (χ1v) is 6.25. The fourth-order valence-corrected chi connectivity index (χ4v) is 2.13. The van der Waals surface area contributed by atoms with Gasteiger partial charge in [-0.2, -0.15) is 0 Å². The zero-order chi connectivity index (χ0) is 13.2. The van der Waals surface area contributed by atoms with E-state index in [1.165, 1.54) is 0 Å². The first-order chi connectivity index (χ1) is 9.25. The molecular weight excluding hydrogens is 242 g/mol. The molecule has 98 valence electrons. The van der Waals surface area contributed by atoms with Gasteiger partial charge in [0.15, 0.2) is 11.5 Å². The molecule has 0 amide bonds. The number of hydrogen-bond donors (Lipinski definition) is 1. The fourth-order valence-electron chi connectivity index (χ4n) is 2.13. The van der Waals surface area contributed by atoms with Crippen molar-refractivity contribution in [2.24, 2.45) is 0 Å². The Hall–Kier alpha value is -2.07. The second-order valence-electron chi connectivity index (χ2n) is 4.51. The van der Waals surface area contributed by atoms with E-state index in [0.29, 0.717) is 30.3 Å². The Morgan fingerprint density at radius 2 is 2.00 bits per heavy atom. The van der Waals surface area contributed by atoms with Gasteiger partial charge in [0.05, 0.1) is 0 Å². The summed E-state index contributed by atoms with van der Waals surface area (Å²) < 4.78 is 11.1. The van der Waals surface area contributed by atoms with Crippen LogP contribution in [0.4, 0.5) is 0 Å². The van der Waals surface area contributed by atoms with E-state index in [1.54, 1.807) is 6.20 Å². The molecule has 0 saturated carbocycles. The molecule has 1 unspecified atom stereocenters. The maximum Gasteiger partial charge on any atom is 0.167 e. The maximum atomic E-state index is 10.5. The largest absolute Gasteiger partial charge is 0.486 e. The van der Waals surface area contributed by atoms with Crippen LogP contribution >= 0.6 is 0 Å². The van der Waals surface area contributed by atoms with Crippen molar-refractivity contribution < 1.29 is 14.6 Å². The van der Waals surface area contributed by atoms with Gasteiger partial charge in [-0.15, -0.1) is 0 Å². The van der Waals surface area contributed by atoms with Crippen molar-refractivity contribution >= 4 is 0 Å². The summed E-state index contributed by atoms with van der Waals surface area (Å²) in [5.41, 5.74) is 2.38. The molecule has 0 fully saturated rings. The van der Waals surface area contributed by atoms with Crippen LogP contribution in [0.2, 0.25) is 0 Å². The Kier molecular flexibility index (Phi) is 3.09. The number of nitrogens with zero attached hydrogens (tertiary/aromatic N) is 1. The Morgan fingerprint density at radius 3 is 2.79 bits per heavy atom. The number of aryl methyl sites for hydroxylation is 1. The Balaban J connectivity index is 1.99. The number of para-hydroxylation sites is 1. The lowest BCUT2D eigenvalue weighted by Gasteiger charge is -2.23. The highest BCUT2D eigenvalue weighted by Crippen LogP contribution is 2.38. The standard InChI is InChI=1S/C15H15NO3/c1-10-5-6-11(9-16-10)14(17)12-3-2-4-13-15(12)19-8-7-18-13/h2-6,9,14,17H,7-8H2,1H3. The van der Waals surface area contributed by atoms with Crippen molar-refractivity contribution in [3.8, 4) is 11.5 Å². The van der Waals surface area contributed by atoms with Crippen LogP contribution in [0.25, 0.3) is 0 Å². The fraction of sp³-hybridized carbons (Fsp3) is 0.267. The highest BCUT2D eigenvalue weighted by molar-refractivity contribution is 5.50. The molecule has 2 aromatic rings. The van der Waals surface area contributed by atoms with Gasteiger partial charge in [-0.25, -0.2) is 0 Å². The second-order valence-corrected chi connectivity index (χ2v) is 4.51. The summed E-state index contributed by atoms with van der Waals surface area (Å²) in [5, 5.41) is 10.5. The quantitative estimate of drug-likeness (QED) is 0.896. The zero-order valence-corrected chi connectivity index (χ0v) is 10.7. The average molecular weight is 257 g/mol. The third-order valence-corrected chi connectivity index (χ3v) is 3.14. The molecule has 4 heteroatoms. The zero-order valence-electron chi connectivity index (χ0n) is 10.7. The molecule has 4 nitrogen and oxygen atoms in total. The van der Waals surface area contributed by atoms with Crippen molar-refractivity contribution in [2.75, 3.05) is 13.2 Å². The molecule has 1 N–H and O–H groups in total. The van der Waals surface area contributed by atoms with Gasteiger partial charge in [-0.1, -0.05) is 18.2 Å². The van der Waals surface area contributed by atoms with Gasteiger partial charge in [-0.05, 0) is 19.1 Å². The Morgan fingerprint density at radius 1 is 1.16 bits per heavy atom. The highest BCUT2D eigenvalue weighted by Gasteiger charge is 2.21. The van der Waals surface area contributed by atoms with Crippen molar-refractivity contribution in [2.45, 2.75) is 13.0 Å². The van der Waals surface area contributed by atoms with Crippen molar-refractivity contribution in [1.29, 1.82) is 0 Å². The molecule has 1 aromatic carbocycles. The van der Waals surface area contributed by atoms with E-state index in [-0.39, 0.29) is 0 Å². The third kappa shape index (κ3) is 2.27. The molecule has 0 aliphatic carbocycles. The average Bonchev–Trinajstić information content (AvgIpc) is 2.47. The molecule has 0 bridgehead atoms. The molecule has 2 heterocycles. The minimum absolute atomic E-state index is 0.503. The molecule has 1 aromatic heterocycles. The minimum Gasteiger partial charge on any atom is -0.486 e. The summed E-state index contributed by atoms with van der Waals surface area (Å²) in [5.74, 6) is 1.31. The Bertz CT molecular complexity index is 580. The maximum absolute atomic E-state index is 10.5. The van der Waals surface area contributed by atoms with Gasteiger partial charge in [0.1, 0.15) is 19.3 Å². The lowest BCUT2D eigenvalue weighted by Crippen LogP contribution is -2.17. The SMILES string of the molecule is Cc1ccc(C(O)c2cccc3c2OCCO3)cn1. The van der Waals surface area contributed by atoms with Crippen LogP contribution in [0.3, 0.4) is 0 Å². The molecular formula is C15H15NO3. The van der Waals surface area contributed by atoms with E-state index in [9.17, 15) is 5.11 Å². The van der Waals surface area contributed by atoms with Crippen LogP contribution in [0.15, 0.2) is 36.5 Å². The van der Waals surface area contributed by atoms with Gasteiger partial charge in [0.2, 0.25) is 0 Å². The number of hydrogen-bond acceptors (Lipinski definition) is 4. The molecule has 1 aliphatic rings. The summed E-state index contributed by atoms with van der Waals surface area (Å²) in [6.45, 7) is 2.96. The van der Waals surface area contributed by atoms with Crippen molar-refractivity contribution in [1.82, 2.24) is 4.98 Å². The lowest BCUT2D eigenvalue weighted by molar-refractivity contribution is 0.158. The minimum atomic E-state index is -0.759. The molecule has 0 saturated heterocycles. The second kappa shape index (κ2) is 4.90. The first-order valence-electron chi connectivity index (χ1n) is 6.25. The van der Waals surface area contributed by atoms with E-state index >= 15 is 0 Å². The predicted molar refractivity (Wildman–Crippen MR) is 70.5 cm³/mol. The highest BCUT2D eigenvalue weighted by atomic mass is 16.6. The number of aliphatic hydroxyl groups excluding tert-OH is 1. The third-order valence-electron chi connectivity index (χ3n) is 3.14. The van der Waals surface area contributed by atoms with E-state index in [0.717, 1.165) is 11.3 Å². The van der Waals surface area contributed by atoms with Gasteiger partial charge in [-0.3, -0.25) is 4.98 Å². The summed E-state index contributed by atoms with van der Waals surface area (Å²) in [6, 6.07) is 9.30. The Labute approximate surface area is 111 Å². The molecule has 1 aliphatic heterocycles. The van der Waals surface area contributed by atoms with E-state index in [1.807, 2.05) is 37.3 Å². The summed E-state index contributed by atoms with van der Waals surface area (Å²) in [6.07, 6.45) is 0.924. The van der Waals surface area contributed by atoms with E-state index in [4.69, 9.17) is 9.47 Å². The van der Waals surface area contributed by atoms with Gasteiger partial charge >= 0.3 is 0 Å². The van der Waals surface area contributed by atoms with Crippen LogP contribution in [0.5, 0.6) is 11.5 Å².